The lowest BCUT2D eigenvalue weighted by molar-refractivity contribution is 0.0924. The number of para-hydroxylation sites is 2. The first kappa shape index (κ1) is 21.5. The summed E-state index contributed by atoms with van der Waals surface area (Å²) in [6.45, 7) is 0. The van der Waals surface area contributed by atoms with Crippen molar-refractivity contribution in [1.29, 1.82) is 0 Å². The van der Waals surface area contributed by atoms with Crippen molar-refractivity contribution in [2.24, 2.45) is 0 Å². The van der Waals surface area contributed by atoms with Crippen molar-refractivity contribution in [2.45, 2.75) is 9.79 Å². The molecule has 0 N–H and O–H groups in total. The van der Waals surface area contributed by atoms with E-state index < -0.39 is 11.8 Å². The average molecular weight is 499 g/mol. The first-order chi connectivity index (χ1) is 18.2. The Labute approximate surface area is 217 Å². The van der Waals surface area contributed by atoms with Crippen molar-refractivity contribution < 1.29 is 9.59 Å². The van der Waals surface area contributed by atoms with E-state index in [2.05, 4.69) is 39.1 Å². The maximum atomic E-state index is 13.3. The number of hydrogen-bond donors (Lipinski definition) is 0. The monoisotopic (exact) mass is 498 g/mol. The molecule has 5 aromatic rings. The molecular weight excluding hydrogens is 480 g/mol. The van der Waals surface area contributed by atoms with Gasteiger partial charge in [0.15, 0.2) is 0 Å². The molecule has 0 saturated carbocycles. The van der Waals surface area contributed by atoms with E-state index in [-0.39, 0.29) is 5.95 Å². The Balaban J connectivity index is 1.24. The number of anilines is 4. The summed E-state index contributed by atoms with van der Waals surface area (Å²) in [5, 5.41) is 0. The molecule has 2 aliphatic rings. The van der Waals surface area contributed by atoms with E-state index in [1.807, 2.05) is 60.7 Å². The van der Waals surface area contributed by atoms with Crippen LogP contribution in [0.15, 0.2) is 119 Å². The van der Waals surface area contributed by atoms with Crippen LogP contribution in [0.3, 0.4) is 0 Å². The molecule has 0 radical (unpaired) electrons. The van der Waals surface area contributed by atoms with Crippen LogP contribution in [0.2, 0.25) is 0 Å². The number of amides is 2. The summed E-state index contributed by atoms with van der Waals surface area (Å²) in [4.78, 5) is 40.8. The van der Waals surface area contributed by atoms with Gasteiger partial charge in [0.25, 0.3) is 11.8 Å². The van der Waals surface area contributed by atoms with E-state index in [9.17, 15) is 9.59 Å². The van der Waals surface area contributed by atoms with Gasteiger partial charge in [-0.2, -0.15) is 0 Å². The molecule has 37 heavy (non-hydrogen) atoms. The second-order valence-electron chi connectivity index (χ2n) is 8.69. The summed E-state index contributed by atoms with van der Waals surface area (Å²) in [6.07, 6.45) is 3.32. The van der Waals surface area contributed by atoms with E-state index in [0.717, 1.165) is 42.9 Å². The topological polar surface area (TPSA) is 66.4 Å². The lowest BCUT2D eigenvalue weighted by atomic mass is 10.0. The molecule has 2 amide bonds. The quantitative estimate of drug-likeness (QED) is 0.248. The predicted molar refractivity (Wildman–Crippen MR) is 144 cm³/mol. The third-order valence-corrected chi connectivity index (χ3v) is 7.64. The molecule has 7 rings (SSSR count). The number of fused-ring (bicyclic) bond motifs is 3. The van der Waals surface area contributed by atoms with Crippen molar-refractivity contribution >= 4 is 46.6 Å². The van der Waals surface area contributed by atoms with Gasteiger partial charge in [0, 0.05) is 9.79 Å². The molecule has 4 aromatic carbocycles. The molecule has 0 saturated heterocycles. The van der Waals surface area contributed by atoms with Gasteiger partial charge in [-0.3, -0.25) is 9.59 Å². The summed E-state index contributed by atoms with van der Waals surface area (Å²) in [7, 11) is 0. The highest BCUT2D eigenvalue weighted by atomic mass is 32.2. The molecule has 0 atom stereocenters. The Morgan fingerprint density at radius 3 is 1.84 bits per heavy atom. The Bertz CT molecular complexity index is 1660. The Kier molecular flexibility index (Phi) is 4.90. The van der Waals surface area contributed by atoms with Gasteiger partial charge in [-0.1, -0.05) is 72.4 Å². The zero-order chi connectivity index (χ0) is 24.9. The zero-order valence-corrected chi connectivity index (χ0v) is 20.2. The van der Waals surface area contributed by atoms with Gasteiger partial charge < -0.3 is 4.90 Å². The summed E-state index contributed by atoms with van der Waals surface area (Å²) >= 11 is 1.72. The summed E-state index contributed by atoms with van der Waals surface area (Å²) in [5.74, 6) is -0.780. The Morgan fingerprint density at radius 2 is 1.16 bits per heavy atom. The normalized spacial score (nSPS) is 13.8. The molecule has 7 heteroatoms. The van der Waals surface area contributed by atoms with Crippen molar-refractivity contribution in [3.05, 3.63) is 121 Å². The number of hydrogen-bond acceptors (Lipinski definition) is 6. The van der Waals surface area contributed by atoms with Crippen LogP contribution < -0.4 is 9.80 Å². The van der Waals surface area contributed by atoms with Crippen LogP contribution in [0.4, 0.5) is 23.0 Å². The first-order valence-corrected chi connectivity index (χ1v) is 12.6. The molecule has 6 nitrogen and oxygen atoms in total. The van der Waals surface area contributed by atoms with Crippen LogP contribution in [0.5, 0.6) is 0 Å². The van der Waals surface area contributed by atoms with Crippen LogP contribution in [0.1, 0.15) is 20.7 Å². The number of rotatable bonds is 3. The number of carbonyl (C=O) groups excluding carboxylic acids is 2. The number of carbonyl (C=O) groups is 2. The van der Waals surface area contributed by atoms with Crippen molar-refractivity contribution in [3.63, 3.8) is 0 Å². The van der Waals surface area contributed by atoms with Crippen LogP contribution >= 0.6 is 11.8 Å². The van der Waals surface area contributed by atoms with Crippen molar-refractivity contribution in [3.8, 4) is 11.1 Å². The molecule has 1 aromatic heterocycles. The van der Waals surface area contributed by atoms with Gasteiger partial charge in [-0.15, -0.1) is 0 Å². The standard InChI is InChI=1S/C30H18N4O2S/c35-28-22-15-14-20(19-8-2-1-3-9-19)16-23(22)29(36)34(28)30-31-17-21(18-32-30)33-24-10-4-6-12-26(24)37-27-13-7-5-11-25(27)33/h1-18H. The highest BCUT2D eigenvalue weighted by Gasteiger charge is 2.38. The third-order valence-electron chi connectivity index (χ3n) is 6.51. The molecule has 0 unspecified atom stereocenters. The minimum Gasteiger partial charge on any atom is -0.305 e. The third kappa shape index (κ3) is 3.43. The smallest absolute Gasteiger partial charge is 0.268 e. The average Bonchev–Trinajstić information content (AvgIpc) is 3.21. The van der Waals surface area contributed by atoms with Crippen molar-refractivity contribution in [1.82, 2.24) is 9.97 Å². The fourth-order valence-corrected chi connectivity index (χ4v) is 5.82. The zero-order valence-electron chi connectivity index (χ0n) is 19.4. The largest absolute Gasteiger partial charge is 0.305 e. The summed E-state index contributed by atoms with van der Waals surface area (Å²) in [5.41, 5.74) is 5.35. The lowest BCUT2D eigenvalue weighted by Crippen LogP contribution is -2.31. The Morgan fingerprint density at radius 1 is 0.568 bits per heavy atom. The highest BCUT2D eigenvalue weighted by Crippen LogP contribution is 2.50. The number of nitrogens with zero attached hydrogens (tertiary/aromatic N) is 4. The number of aromatic nitrogens is 2. The van der Waals surface area contributed by atoms with Gasteiger partial charge in [0.1, 0.15) is 0 Å². The molecule has 0 aliphatic carbocycles. The maximum absolute atomic E-state index is 13.3. The highest BCUT2D eigenvalue weighted by molar-refractivity contribution is 7.99. The molecule has 2 aliphatic heterocycles. The van der Waals surface area contributed by atoms with Crippen LogP contribution in [0.25, 0.3) is 11.1 Å². The lowest BCUT2D eigenvalue weighted by Gasteiger charge is -2.32. The molecule has 0 spiro atoms. The van der Waals surface area contributed by atoms with Crippen LogP contribution in [-0.2, 0) is 0 Å². The number of benzene rings is 4. The second-order valence-corrected chi connectivity index (χ2v) is 9.77. The maximum Gasteiger partial charge on any atom is 0.268 e. The van der Waals surface area contributed by atoms with E-state index in [1.165, 1.54) is 0 Å². The van der Waals surface area contributed by atoms with Gasteiger partial charge in [-0.05, 0) is 47.5 Å². The van der Waals surface area contributed by atoms with E-state index in [1.54, 1.807) is 36.3 Å². The van der Waals surface area contributed by atoms with E-state index >= 15 is 0 Å². The molecule has 0 fully saturated rings. The van der Waals surface area contributed by atoms with E-state index in [0.29, 0.717) is 11.1 Å². The SMILES string of the molecule is O=C1c2ccc(-c3ccccc3)cc2C(=O)N1c1ncc(N2c3ccccc3Sc3ccccc32)cn1. The van der Waals surface area contributed by atoms with E-state index in [4.69, 9.17) is 0 Å². The van der Waals surface area contributed by atoms with Crippen molar-refractivity contribution in [2.75, 3.05) is 9.80 Å². The minimum absolute atomic E-state index is 0.0594. The van der Waals surface area contributed by atoms with Gasteiger partial charge >= 0.3 is 0 Å². The van der Waals surface area contributed by atoms with Crippen LogP contribution in [-0.4, -0.2) is 21.8 Å². The Hall–Kier alpha value is -4.75. The van der Waals surface area contributed by atoms with Gasteiger partial charge in [0.05, 0.1) is 40.6 Å². The molecular formula is C30H18N4O2S. The molecule has 176 valence electrons. The minimum atomic E-state index is -0.421. The van der Waals surface area contributed by atoms with Gasteiger partial charge in [0.2, 0.25) is 5.95 Å². The first-order valence-electron chi connectivity index (χ1n) is 11.8. The fraction of sp³-hybridized carbons (Fsp3) is 0. The molecule has 0 bridgehead atoms. The fourth-order valence-electron chi connectivity index (χ4n) is 4.76. The predicted octanol–water partition coefficient (Wildman–Crippen LogP) is 6.88. The summed E-state index contributed by atoms with van der Waals surface area (Å²) < 4.78 is 0. The van der Waals surface area contributed by atoms with Crippen LogP contribution in [0, 0.1) is 0 Å². The molecule has 3 heterocycles. The number of imide groups is 1. The second kappa shape index (κ2) is 8.43. The summed E-state index contributed by atoms with van der Waals surface area (Å²) in [6, 6.07) is 31.4. The van der Waals surface area contributed by atoms with Gasteiger partial charge in [-0.25, -0.2) is 14.9 Å².